The Morgan fingerprint density at radius 1 is 1.60 bits per heavy atom. The molecule has 0 bridgehead atoms. The van der Waals surface area contributed by atoms with Gasteiger partial charge in [-0.2, -0.15) is 12.6 Å². The van der Waals surface area contributed by atoms with Crippen LogP contribution in [0.1, 0.15) is 11.7 Å². The average molecular weight is 225 g/mol. The van der Waals surface area contributed by atoms with Gasteiger partial charge in [0.1, 0.15) is 5.75 Å². The highest BCUT2D eigenvalue weighted by atomic mass is 32.1. The van der Waals surface area contributed by atoms with Gasteiger partial charge >= 0.3 is 0 Å². The first-order valence-electron chi connectivity index (χ1n) is 4.56. The summed E-state index contributed by atoms with van der Waals surface area (Å²) in [4.78, 5) is 11.1. The summed E-state index contributed by atoms with van der Waals surface area (Å²) in [5.41, 5.74) is 1.32. The maximum absolute atomic E-state index is 11.1. The molecule has 5 heteroatoms. The fourth-order valence-electron chi connectivity index (χ4n) is 1.41. The van der Waals surface area contributed by atoms with Crippen LogP contribution in [0.5, 0.6) is 5.75 Å². The van der Waals surface area contributed by atoms with E-state index in [4.69, 9.17) is 4.74 Å². The van der Waals surface area contributed by atoms with E-state index in [9.17, 15) is 9.90 Å². The second-order valence-corrected chi connectivity index (χ2v) is 3.66. The van der Waals surface area contributed by atoms with Crippen molar-refractivity contribution in [2.75, 3.05) is 17.7 Å². The normalized spacial score (nSPS) is 16.3. The van der Waals surface area contributed by atoms with Crippen molar-refractivity contribution in [1.82, 2.24) is 0 Å². The Morgan fingerprint density at radius 2 is 2.40 bits per heavy atom. The van der Waals surface area contributed by atoms with E-state index in [1.54, 1.807) is 18.2 Å². The minimum atomic E-state index is -0.627. The van der Waals surface area contributed by atoms with Gasteiger partial charge in [0.25, 0.3) is 5.91 Å². The highest BCUT2D eigenvalue weighted by molar-refractivity contribution is 7.80. The molecule has 1 atom stereocenters. The predicted molar refractivity (Wildman–Crippen MR) is 59.4 cm³/mol. The number of carbonyl (C=O) groups is 1. The predicted octanol–water partition coefficient (Wildman–Crippen LogP) is 0.981. The maximum atomic E-state index is 11.1. The van der Waals surface area contributed by atoms with Crippen LogP contribution in [0, 0.1) is 0 Å². The summed E-state index contributed by atoms with van der Waals surface area (Å²) in [6.45, 7) is 0.0431. The number of amides is 1. The number of hydrogen-bond acceptors (Lipinski definition) is 4. The summed E-state index contributed by atoms with van der Waals surface area (Å²) in [5, 5.41) is 12.2. The lowest BCUT2D eigenvalue weighted by Gasteiger charge is -2.19. The third kappa shape index (κ3) is 2.08. The van der Waals surface area contributed by atoms with E-state index < -0.39 is 6.10 Å². The number of ether oxygens (including phenoxy) is 1. The van der Waals surface area contributed by atoms with Crippen molar-refractivity contribution < 1.29 is 14.6 Å². The lowest BCUT2D eigenvalue weighted by atomic mass is 10.1. The summed E-state index contributed by atoms with van der Waals surface area (Å²) in [6.07, 6.45) is -0.627. The first-order valence-corrected chi connectivity index (χ1v) is 5.19. The maximum Gasteiger partial charge on any atom is 0.262 e. The zero-order valence-corrected chi connectivity index (χ0v) is 8.83. The van der Waals surface area contributed by atoms with Crippen molar-refractivity contribution in [3.8, 4) is 5.75 Å². The standard InChI is InChI=1S/C10H11NO3S/c12-8(5-15)6-1-2-9-7(3-6)11-10(13)4-14-9/h1-3,8,12,15H,4-5H2,(H,11,13). The smallest absolute Gasteiger partial charge is 0.262 e. The van der Waals surface area contributed by atoms with Crippen molar-refractivity contribution in [2.24, 2.45) is 0 Å². The van der Waals surface area contributed by atoms with Gasteiger partial charge in [0.05, 0.1) is 11.8 Å². The van der Waals surface area contributed by atoms with Crippen molar-refractivity contribution >= 4 is 24.2 Å². The Morgan fingerprint density at radius 3 is 3.13 bits per heavy atom. The van der Waals surface area contributed by atoms with Crippen LogP contribution in [0.15, 0.2) is 18.2 Å². The molecule has 0 spiro atoms. The van der Waals surface area contributed by atoms with Crippen LogP contribution in [0.3, 0.4) is 0 Å². The highest BCUT2D eigenvalue weighted by Gasteiger charge is 2.17. The lowest BCUT2D eigenvalue weighted by molar-refractivity contribution is -0.118. The van der Waals surface area contributed by atoms with Gasteiger partial charge in [-0.15, -0.1) is 0 Å². The number of hydrogen-bond donors (Lipinski definition) is 3. The molecule has 1 amide bonds. The zero-order chi connectivity index (χ0) is 10.8. The van der Waals surface area contributed by atoms with E-state index in [1.165, 1.54) is 0 Å². The number of rotatable bonds is 2. The first kappa shape index (κ1) is 10.3. The van der Waals surface area contributed by atoms with E-state index in [-0.39, 0.29) is 12.5 Å². The minimum Gasteiger partial charge on any atom is -0.482 e. The fraction of sp³-hybridized carbons (Fsp3) is 0.300. The third-order valence-corrected chi connectivity index (χ3v) is 2.54. The number of benzene rings is 1. The van der Waals surface area contributed by atoms with Gasteiger partial charge in [0, 0.05) is 5.75 Å². The van der Waals surface area contributed by atoms with Crippen molar-refractivity contribution in [3.63, 3.8) is 0 Å². The van der Waals surface area contributed by atoms with Gasteiger partial charge in [0.15, 0.2) is 6.61 Å². The Bertz CT molecular complexity index is 394. The molecule has 15 heavy (non-hydrogen) atoms. The molecule has 2 N–H and O–H groups in total. The molecule has 0 saturated heterocycles. The Hall–Kier alpha value is -1.20. The quantitative estimate of drug-likeness (QED) is 0.658. The summed E-state index contributed by atoms with van der Waals surface area (Å²) in [5.74, 6) is 0.790. The van der Waals surface area contributed by atoms with E-state index in [0.29, 0.717) is 17.2 Å². The van der Waals surface area contributed by atoms with Gasteiger partial charge in [-0.25, -0.2) is 0 Å². The largest absolute Gasteiger partial charge is 0.482 e. The molecular weight excluding hydrogens is 214 g/mol. The molecule has 80 valence electrons. The van der Waals surface area contributed by atoms with Crippen molar-refractivity contribution in [3.05, 3.63) is 23.8 Å². The lowest BCUT2D eigenvalue weighted by Crippen LogP contribution is -2.25. The molecule has 0 radical (unpaired) electrons. The van der Waals surface area contributed by atoms with E-state index >= 15 is 0 Å². The number of aliphatic hydroxyl groups is 1. The molecule has 1 unspecified atom stereocenters. The number of fused-ring (bicyclic) bond motifs is 1. The van der Waals surface area contributed by atoms with Crippen molar-refractivity contribution in [1.29, 1.82) is 0 Å². The van der Waals surface area contributed by atoms with Crippen LogP contribution in [-0.2, 0) is 4.79 Å². The summed E-state index contributed by atoms with van der Waals surface area (Å²) >= 11 is 4.00. The van der Waals surface area contributed by atoms with Gasteiger partial charge in [-0.05, 0) is 17.7 Å². The second kappa shape index (κ2) is 4.12. The molecule has 0 aromatic heterocycles. The summed E-state index contributed by atoms with van der Waals surface area (Å²) in [6, 6.07) is 5.20. The number of anilines is 1. The monoisotopic (exact) mass is 225 g/mol. The van der Waals surface area contributed by atoms with E-state index in [1.807, 2.05) is 0 Å². The molecule has 0 saturated carbocycles. The molecule has 1 aromatic rings. The molecular formula is C10H11NO3S. The topological polar surface area (TPSA) is 58.6 Å². The van der Waals surface area contributed by atoms with Crippen LogP contribution in [0.2, 0.25) is 0 Å². The molecule has 1 aliphatic rings. The number of thiol groups is 1. The molecule has 1 aliphatic heterocycles. The van der Waals surface area contributed by atoms with Gasteiger partial charge < -0.3 is 15.2 Å². The number of nitrogens with one attached hydrogen (secondary N) is 1. The zero-order valence-electron chi connectivity index (χ0n) is 7.93. The van der Waals surface area contributed by atoms with Gasteiger partial charge in [-0.3, -0.25) is 4.79 Å². The van der Waals surface area contributed by atoms with E-state index in [0.717, 1.165) is 5.56 Å². The molecule has 1 aromatic carbocycles. The average Bonchev–Trinajstić information content (AvgIpc) is 2.27. The molecule has 0 fully saturated rings. The first-order chi connectivity index (χ1) is 7.20. The number of carbonyl (C=O) groups excluding carboxylic acids is 1. The summed E-state index contributed by atoms with van der Waals surface area (Å²) < 4.78 is 5.19. The molecule has 4 nitrogen and oxygen atoms in total. The molecule has 0 aliphatic carbocycles. The SMILES string of the molecule is O=C1COc2ccc(C(O)CS)cc2N1. The van der Waals surface area contributed by atoms with Gasteiger partial charge in [-0.1, -0.05) is 6.07 Å². The van der Waals surface area contributed by atoms with Crippen LogP contribution < -0.4 is 10.1 Å². The fourth-order valence-corrected chi connectivity index (χ4v) is 1.62. The number of aliphatic hydroxyl groups excluding tert-OH is 1. The van der Waals surface area contributed by atoms with Crippen LogP contribution in [0.4, 0.5) is 5.69 Å². The highest BCUT2D eigenvalue weighted by Crippen LogP contribution is 2.30. The third-order valence-electron chi connectivity index (χ3n) is 2.19. The summed E-state index contributed by atoms with van der Waals surface area (Å²) in [7, 11) is 0. The van der Waals surface area contributed by atoms with Gasteiger partial charge in [0.2, 0.25) is 0 Å². The molecule has 1 heterocycles. The van der Waals surface area contributed by atoms with Crippen molar-refractivity contribution in [2.45, 2.75) is 6.10 Å². The Balaban J connectivity index is 2.32. The van der Waals surface area contributed by atoms with Crippen LogP contribution in [0.25, 0.3) is 0 Å². The Kier molecular flexibility index (Phi) is 2.83. The minimum absolute atomic E-state index is 0.0431. The van der Waals surface area contributed by atoms with Crippen LogP contribution >= 0.6 is 12.6 Å². The van der Waals surface area contributed by atoms with Crippen LogP contribution in [-0.4, -0.2) is 23.4 Å². The van der Waals surface area contributed by atoms with E-state index in [2.05, 4.69) is 17.9 Å². The Labute approximate surface area is 92.7 Å². The second-order valence-electron chi connectivity index (χ2n) is 3.29. The molecule has 2 rings (SSSR count).